The Labute approximate surface area is 153 Å². The Balaban J connectivity index is 0. The molecule has 0 aliphatic rings. The highest BCUT2D eigenvalue weighted by Crippen LogP contribution is 2.25. The zero-order valence-electron chi connectivity index (χ0n) is 15.2. The molecule has 0 fully saturated rings. The van der Waals surface area contributed by atoms with Gasteiger partial charge >= 0.3 is 7.82 Å². The Morgan fingerprint density at radius 2 is 1.04 bits per heavy atom. The molecule has 0 aliphatic heterocycles. The summed E-state index contributed by atoms with van der Waals surface area (Å²) in [6, 6.07) is 0. The molecule has 0 rings (SSSR count). The summed E-state index contributed by atoms with van der Waals surface area (Å²) in [5.41, 5.74) is -2.07. The lowest BCUT2D eigenvalue weighted by molar-refractivity contribution is -0.113. The van der Waals surface area contributed by atoms with Crippen molar-refractivity contribution >= 4 is 7.82 Å². The second-order valence-electron chi connectivity index (χ2n) is 6.71. The minimum absolute atomic E-state index is 0.000154. The highest BCUT2D eigenvalue weighted by molar-refractivity contribution is 7.45. The molecular formula is C14H33O11P. The van der Waals surface area contributed by atoms with Crippen LogP contribution in [0.2, 0.25) is 0 Å². The molecule has 0 aliphatic carbocycles. The number of aliphatic hydroxyl groups is 5. The minimum Gasteiger partial charge on any atom is -0.396 e. The maximum atomic E-state index is 9.47. The molecule has 0 aromatic rings. The summed E-state index contributed by atoms with van der Waals surface area (Å²) in [5, 5.41) is 46.5. The second kappa shape index (κ2) is 13.9. The van der Waals surface area contributed by atoms with Crippen LogP contribution in [0.1, 0.15) is 13.8 Å². The molecule has 0 saturated heterocycles. The Morgan fingerprint density at radius 3 is 1.35 bits per heavy atom. The molecule has 26 heavy (non-hydrogen) atoms. The zero-order chi connectivity index (χ0) is 20.9. The van der Waals surface area contributed by atoms with Gasteiger partial charge in [-0.1, -0.05) is 13.8 Å². The van der Waals surface area contributed by atoms with Gasteiger partial charge in [0.2, 0.25) is 0 Å². The largest absolute Gasteiger partial charge is 0.466 e. The third kappa shape index (κ3) is 14.0. The molecule has 0 bridgehead atoms. The summed E-state index contributed by atoms with van der Waals surface area (Å²) in [5.74, 6) is 0.340. The van der Waals surface area contributed by atoms with Crippen LogP contribution in [0.4, 0.5) is 0 Å². The van der Waals surface area contributed by atoms with Crippen LogP contribution < -0.4 is 0 Å². The van der Waals surface area contributed by atoms with Crippen LogP contribution in [-0.2, 0) is 14.0 Å². The molecule has 0 amide bonds. The van der Waals surface area contributed by atoms with Crippen LogP contribution in [0.25, 0.3) is 0 Å². The molecule has 0 atom stereocenters. The minimum atomic E-state index is -4.64. The van der Waals surface area contributed by atoms with Crippen molar-refractivity contribution in [3.63, 3.8) is 0 Å². The van der Waals surface area contributed by atoms with Crippen molar-refractivity contribution in [1.82, 2.24) is 0 Å². The van der Waals surface area contributed by atoms with Crippen LogP contribution in [0.15, 0.2) is 0 Å². The van der Waals surface area contributed by atoms with Crippen molar-refractivity contribution in [2.24, 2.45) is 16.7 Å². The first-order chi connectivity index (χ1) is 11.9. The van der Waals surface area contributed by atoms with Gasteiger partial charge in [0.25, 0.3) is 0 Å². The van der Waals surface area contributed by atoms with Crippen molar-refractivity contribution in [3.8, 4) is 0 Å². The van der Waals surface area contributed by atoms with E-state index in [2.05, 4.69) is 0 Å². The Kier molecular flexibility index (Phi) is 15.0. The summed E-state index contributed by atoms with van der Waals surface area (Å²) in [4.78, 5) is 21.6. The lowest BCUT2D eigenvalue weighted by atomic mass is 9.90. The quantitative estimate of drug-likeness (QED) is 0.152. The Morgan fingerprint density at radius 1 is 0.731 bits per heavy atom. The lowest BCUT2D eigenvalue weighted by Gasteiger charge is -2.32. The van der Waals surface area contributed by atoms with Crippen LogP contribution in [0.5, 0.6) is 0 Å². The van der Waals surface area contributed by atoms with Gasteiger partial charge in [0, 0.05) is 6.61 Å². The Bertz CT molecular complexity index is 361. The van der Waals surface area contributed by atoms with E-state index in [4.69, 9.17) is 28.7 Å². The van der Waals surface area contributed by atoms with E-state index in [-0.39, 0.29) is 33.0 Å². The predicted octanol–water partition coefficient (Wildman–Crippen LogP) is -2.32. The van der Waals surface area contributed by atoms with Gasteiger partial charge in [0.05, 0.1) is 63.7 Å². The van der Waals surface area contributed by atoms with Gasteiger partial charge in [0.15, 0.2) is 0 Å². The highest BCUT2D eigenvalue weighted by atomic mass is 31.2. The van der Waals surface area contributed by atoms with Crippen LogP contribution in [0, 0.1) is 16.7 Å². The number of aliphatic hydroxyl groups excluding tert-OH is 5. The third-order valence-corrected chi connectivity index (χ3v) is 3.35. The number of ether oxygens (including phenoxy) is 2. The van der Waals surface area contributed by atoms with Crippen molar-refractivity contribution < 1.29 is 54.3 Å². The molecule has 8 N–H and O–H groups in total. The van der Waals surface area contributed by atoms with Gasteiger partial charge < -0.3 is 49.7 Å². The molecule has 0 aromatic heterocycles. The van der Waals surface area contributed by atoms with Gasteiger partial charge in [-0.25, -0.2) is 4.57 Å². The number of phosphoric acid groups is 1. The third-order valence-electron chi connectivity index (χ3n) is 3.35. The van der Waals surface area contributed by atoms with E-state index in [1.807, 2.05) is 13.8 Å². The number of rotatable bonds is 13. The molecule has 160 valence electrons. The smallest absolute Gasteiger partial charge is 0.396 e. The monoisotopic (exact) mass is 408 g/mol. The number of hydrogen-bond donors (Lipinski definition) is 8. The van der Waals surface area contributed by atoms with E-state index in [0.29, 0.717) is 12.5 Å². The SMILES string of the molecule is CC(C)COCC(CO)(CO)COCC(CO)(CO)CO.O=P(O)(O)O. The molecule has 0 aromatic carbocycles. The van der Waals surface area contributed by atoms with Gasteiger partial charge in [-0.15, -0.1) is 0 Å². The average Bonchev–Trinajstić information content (AvgIpc) is 2.56. The van der Waals surface area contributed by atoms with Crippen LogP contribution in [0.3, 0.4) is 0 Å². The molecule has 11 nitrogen and oxygen atoms in total. The molecule has 0 saturated carbocycles. The summed E-state index contributed by atoms with van der Waals surface area (Å²) >= 11 is 0. The average molecular weight is 408 g/mol. The van der Waals surface area contributed by atoms with E-state index >= 15 is 0 Å². The first kappa shape index (κ1) is 28.0. The number of hydrogen-bond acceptors (Lipinski definition) is 8. The van der Waals surface area contributed by atoms with E-state index < -0.39 is 38.5 Å². The van der Waals surface area contributed by atoms with Crippen molar-refractivity contribution in [2.75, 3.05) is 59.5 Å². The first-order valence-corrected chi connectivity index (χ1v) is 9.47. The maximum absolute atomic E-state index is 9.47. The predicted molar refractivity (Wildman–Crippen MR) is 91.0 cm³/mol. The fourth-order valence-corrected chi connectivity index (χ4v) is 1.56. The molecule has 0 unspecified atom stereocenters. The standard InChI is InChI=1S/C14H30O7.H3O4P/c1-12(2)3-20-10-14(7-18,8-19)11-21-9-13(4-15,5-16)6-17;1-5(2,3)4/h12,15-19H,3-11H2,1-2H3;(H3,1,2,3,4). The van der Waals surface area contributed by atoms with E-state index in [9.17, 15) is 25.5 Å². The molecule has 12 heteroatoms. The van der Waals surface area contributed by atoms with Crippen molar-refractivity contribution in [2.45, 2.75) is 13.8 Å². The first-order valence-electron chi connectivity index (χ1n) is 7.91. The summed E-state index contributed by atoms with van der Waals surface area (Å²) in [6.45, 7) is 2.67. The van der Waals surface area contributed by atoms with Crippen molar-refractivity contribution in [3.05, 3.63) is 0 Å². The second-order valence-corrected chi connectivity index (χ2v) is 7.73. The van der Waals surface area contributed by atoms with Crippen LogP contribution >= 0.6 is 7.82 Å². The fraction of sp³-hybridized carbons (Fsp3) is 1.00. The summed E-state index contributed by atoms with van der Waals surface area (Å²) < 4.78 is 19.7. The molecule has 0 radical (unpaired) electrons. The van der Waals surface area contributed by atoms with Gasteiger partial charge in [-0.05, 0) is 5.92 Å². The summed E-state index contributed by atoms with van der Waals surface area (Å²) in [6.07, 6.45) is 0. The van der Waals surface area contributed by atoms with Gasteiger partial charge in [-0.3, -0.25) is 0 Å². The normalized spacial score (nSPS) is 12.9. The van der Waals surface area contributed by atoms with Gasteiger partial charge in [0.1, 0.15) is 0 Å². The summed E-state index contributed by atoms with van der Waals surface area (Å²) in [7, 11) is -4.64. The maximum Gasteiger partial charge on any atom is 0.466 e. The lowest BCUT2D eigenvalue weighted by Crippen LogP contribution is -2.44. The van der Waals surface area contributed by atoms with Crippen LogP contribution in [-0.4, -0.2) is 99.7 Å². The molecule has 0 spiro atoms. The molecule has 0 heterocycles. The highest BCUT2D eigenvalue weighted by Gasteiger charge is 2.33. The molecular weight excluding hydrogens is 375 g/mol. The van der Waals surface area contributed by atoms with E-state index in [1.165, 1.54) is 0 Å². The zero-order valence-corrected chi connectivity index (χ0v) is 16.1. The van der Waals surface area contributed by atoms with Gasteiger partial charge in [-0.2, -0.15) is 0 Å². The Hall–Kier alpha value is -0.170. The van der Waals surface area contributed by atoms with E-state index in [0.717, 1.165) is 0 Å². The van der Waals surface area contributed by atoms with Crippen molar-refractivity contribution in [1.29, 1.82) is 0 Å². The fourth-order valence-electron chi connectivity index (χ4n) is 1.56. The van der Waals surface area contributed by atoms with E-state index in [1.54, 1.807) is 0 Å². The topological polar surface area (TPSA) is 197 Å².